The van der Waals surface area contributed by atoms with E-state index in [0.29, 0.717) is 37.7 Å². The maximum atomic E-state index is 17.6. The highest BCUT2D eigenvalue weighted by Crippen LogP contribution is 2.72. The highest BCUT2D eigenvalue weighted by atomic mass is 19.1. The van der Waals surface area contributed by atoms with Crippen molar-refractivity contribution in [1.82, 2.24) is 5.32 Å². The number of aliphatic hydroxyl groups excluding tert-OH is 1. The van der Waals surface area contributed by atoms with Crippen LogP contribution in [-0.2, 0) is 33.3 Å². The number of carbonyl (C=O) groups is 4. The Morgan fingerprint density at radius 1 is 1.11 bits per heavy atom. The van der Waals surface area contributed by atoms with Crippen molar-refractivity contribution in [3.63, 3.8) is 0 Å². The van der Waals surface area contributed by atoms with Gasteiger partial charge in [-0.25, -0.2) is 9.18 Å². The normalized spacial score (nSPS) is 44.4. The third-order valence-corrected chi connectivity index (χ3v) is 11.6. The van der Waals surface area contributed by atoms with Gasteiger partial charge in [-0.3, -0.25) is 14.4 Å². The number of nitrogens with one attached hydrogen (secondary N) is 1. The van der Waals surface area contributed by atoms with E-state index in [1.807, 2.05) is 6.92 Å². The summed E-state index contributed by atoms with van der Waals surface area (Å²) in [6.45, 7) is 11.8. The van der Waals surface area contributed by atoms with Gasteiger partial charge in [0.05, 0.1) is 18.1 Å². The summed E-state index contributed by atoms with van der Waals surface area (Å²) < 4.78 is 41.2. The van der Waals surface area contributed by atoms with Crippen LogP contribution in [0.1, 0.15) is 87.0 Å². The molecule has 0 unspecified atom stereocenters. The quantitative estimate of drug-likeness (QED) is 0.426. The first-order chi connectivity index (χ1) is 20.8. The molecule has 8 atom stereocenters. The number of halogens is 1. The zero-order chi connectivity index (χ0) is 33.0. The van der Waals surface area contributed by atoms with Gasteiger partial charge >= 0.3 is 12.1 Å². The molecule has 1 aliphatic heterocycles. The lowest BCUT2D eigenvalue weighted by molar-refractivity contribution is -0.246. The first-order valence-corrected chi connectivity index (χ1v) is 16.1. The summed E-state index contributed by atoms with van der Waals surface area (Å²) in [6.07, 6.45) is 3.69. The number of alkyl halides is 1. The highest BCUT2D eigenvalue weighted by molar-refractivity contribution is 6.01. The first-order valence-electron chi connectivity index (χ1n) is 16.1. The van der Waals surface area contributed by atoms with Crippen LogP contribution in [0.4, 0.5) is 9.18 Å². The summed E-state index contributed by atoms with van der Waals surface area (Å²) in [5.41, 5.74) is -5.74. The van der Waals surface area contributed by atoms with Crippen molar-refractivity contribution in [2.24, 2.45) is 28.6 Å². The molecular formula is C34H46FNO9. The Morgan fingerprint density at radius 3 is 2.47 bits per heavy atom. The fourth-order valence-corrected chi connectivity index (χ4v) is 9.57. The summed E-state index contributed by atoms with van der Waals surface area (Å²) in [6, 6.07) is -0.229. The number of aliphatic hydroxyl groups is 1. The number of ether oxygens (including phenoxy) is 4. The number of ketones is 2. The summed E-state index contributed by atoms with van der Waals surface area (Å²) >= 11 is 0. The van der Waals surface area contributed by atoms with Gasteiger partial charge in [0, 0.05) is 22.8 Å². The molecule has 2 N–H and O–H groups in total. The van der Waals surface area contributed by atoms with E-state index in [9.17, 15) is 24.3 Å². The lowest BCUT2D eigenvalue weighted by atomic mass is 9.44. The van der Waals surface area contributed by atoms with Crippen LogP contribution >= 0.6 is 0 Å². The summed E-state index contributed by atoms with van der Waals surface area (Å²) in [7, 11) is 0. The third kappa shape index (κ3) is 4.74. The fraction of sp³-hybridized carbons (Fsp3) is 0.765. The van der Waals surface area contributed by atoms with E-state index in [1.54, 1.807) is 47.6 Å². The molecule has 6 rings (SSSR count). The second kappa shape index (κ2) is 10.2. The van der Waals surface area contributed by atoms with Crippen LogP contribution in [0.5, 0.6) is 0 Å². The van der Waals surface area contributed by atoms with Crippen LogP contribution in [0.15, 0.2) is 23.8 Å². The maximum absolute atomic E-state index is 17.6. The minimum absolute atomic E-state index is 0.0639. The second-order valence-electron chi connectivity index (χ2n) is 15.9. The number of allylic oxidation sites excluding steroid dienone is 4. The topological polar surface area (TPSA) is 137 Å². The number of alkyl carbamates (subject to hydrolysis) is 1. The predicted octanol–water partition coefficient (Wildman–Crippen LogP) is 4.27. The van der Waals surface area contributed by atoms with Crippen LogP contribution in [0.25, 0.3) is 0 Å². The molecular weight excluding hydrogens is 585 g/mol. The van der Waals surface area contributed by atoms with Gasteiger partial charge in [0.2, 0.25) is 5.78 Å². The molecule has 0 radical (unpaired) electrons. The van der Waals surface area contributed by atoms with Gasteiger partial charge in [0.15, 0.2) is 29.4 Å². The number of carbonyl (C=O) groups excluding carboxylic acids is 4. The molecule has 10 nitrogen and oxygen atoms in total. The van der Waals surface area contributed by atoms with Gasteiger partial charge < -0.3 is 29.4 Å². The van der Waals surface area contributed by atoms with E-state index >= 15 is 4.39 Å². The van der Waals surface area contributed by atoms with Crippen molar-refractivity contribution in [3.8, 4) is 0 Å². The number of hydrogen-bond donors (Lipinski definition) is 2. The minimum Gasteiger partial charge on any atom is -0.457 e. The van der Waals surface area contributed by atoms with Crippen molar-refractivity contribution < 1.29 is 47.6 Å². The fourth-order valence-electron chi connectivity index (χ4n) is 9.57. The molecule has 0 aromatic carbocycles. The third-order valence-electron chi connectivity index (χ3n) is 11.6. The predicted molar refractivity (Wildman–Crippen MR) is 158 cm³/mol. The Balaban J connectivity index is 1.19. The van der Waals surface area contributed by atoms with Crippen molar-refractivity contribution in [2.75, 3.05) is 6.61 Å². The molecule has 5 aliphatic carbocycles. The van der Waals surface area contributed by atoms with Crippen LogP contribution in [0, 0.1) is 28.6 Å². The standard InChI is InChI=1S/C34H46FNO9/c1-29(2,3)44-28(41)36-20-12-18(13-20)27(40)42-17-25(39)34-26(43-30(4,5)45-34)15-23-22-9-8-19-14-21(37)10-11-31(19,6)33(22,35)24(38)16-32(23,34)7/h10-11,14,18,20,22-24,26,38H,8-9,12-13,15-17H2,1-7H3,(H,36,41)/t18?,20?,22-,23-,24-,26+,31-,32-,33-,34+/m0/s1. The van der Waals surface area contributed by atoms with E-state index in [0.717, 1.165) is 0 Å². The van der Waals surface area contributed by atoms with Crippen molar-refractivity contribution in [2.45, 2.75) is 128 Å². The van der Waals surface area contributed by atoms with Crippen LogP contribution in [0.3, 0.4) is 0 Å². The average Bonchev–Trinajstić information content (AvgIpc) is 3.30. The Bertz CT molecular complexity index is 1380. The number of hydrogen-bond acceptors (Lipinski definition) is 9. The van der Waals surface area contributed by atoms with E-state index in [-0.39, 0.29) is 24.2 Å². The number of rotatable bonds is 5. The Labute approximate surface area is 263 Å². The van der Waals surface area contributed by atoms with E-state index < -0.39 is 82.0 Å². The number of esters is 1. The molecule has 1 amide bonds. The molecule has 45 heavy (non-hydrogen) atoms. The molecule has 0 aromatic rings. The minimum atomic E-state index is -2.06. The van der Waals surface area contributed by atoms with E-state index in [4.69, 9.17) is 18.9 Å². The molecule has 1 heterocycles. The number of amides is 1. The first kappa shape index (κ1) is 32.3. The lowest BCUT2D eigenvalue weighted by Gasteiger charge is -2.62. The number of Topliss-reactive ketones (excluding diaryl/α,β-unsaturated/α-hetero) is 1. The second-order valence-corrected chi connectivity index (χ2v) is 15.9. The van der Waals surface area contributed by atoms with Crippen LogP contribution in [-0.4, -0.2) is 76.3 Å². The van der Waals surface area contributed by atoms with E-state index in [2.05, 4.69) is 5.32 Å². The summed E-state index contributed by atoms with van der Waals surface area (Å²) in [5, 5.41) is 14.5. The summed E-state index contributed by atoms with van der Waals surface area (Å²) in [4.78, 5) is 51.4. The van der Waals surface area contributed by atoms with E-state index in [1.165, 1.54) is 12.2 Å². The monoisotopic (exact) mass is 631 g/mol. The zero-order valence-corrected chi connectivity index (χ0v) is 27.2. The molecule has 5 fully saturated rings. The molecule has 248 valence electrons. The van der Waals surface area contributed by atoms with Crippen molar-refractivity contribution >= 4 is 23.6 Å². The smallest absolute Gasteiger partial charge is 0.407 e. The zero-order valence-electron chi connectivity index (χ0n) is 27.2. The molecule has 0 spiro atoms. The summed E-state index contributed by atoms with van der Waals surface area (Å²) in [5.74, 6) is -3.78. The highest BCUT2D eigenvalue weighted by Gasteiger charge is 2.80. The largest absolute Gasteiger partial charge is 0.457 e. The van der Waals surface area contributed by atoms with Crippen LogP contribution < -0.4 is 5.32 Å². The van der Waals surface area contributed by atoms with Crippen molar-refractivity contribution in [1.29, 1.82) is 0 Å². The van der Waals surface area contributed by atoms with Gasteiger partial charge in [-0.2, -0.15) is 0 Å². The van der Waals surface area contributed by atoms with Crippen molar-refractivity contribution in [3.05, 3.63) is 23.8 Å². The lowest BCUT2D eigenvalue weighted by Crippen LogP contribution is -2.70. The molecule has 0 bridgehead atoms. The molecule has 1 saturated heterocycles. The maximum Gasteiger partial charge on any atom is 0.407 e. The van der Waals surface area contributed by atoms with Gasteiger partial charge in [-0.1, -0.05) is 18.6 Å². The molecule has 6 aliphatic rings. The SMILES string of the molecule is CC(C)(C)OC(=O)NC1CC(C(=O)OCC(=O)[C@@]23OC(C)(C)O[C@@H]2C[C@H]2[C@@H]4CCC5=CC(=O)C=C[C@]5(C)[C@@]4(F)[C@@H](O)C[C@@]23C)C1. The Hall–Kier alpha value is -2.63. The van der Waals surface area contributed by atoms with Gasteiger partial charge in [0.25, 0.3) is 0 Å². The van der Waals surface area contributed by atoms with Crippen LogP contribution in [0.2, 0.25) is 0 Å². The Morgan fingerprint density at radius 2 is 1.80 bits per heavy atom. The van der Waals surface area contributed by atoms with Gasteiger partial charge in [0.1, 0.15) is 5.60 Å². The average molecular weight is 632 g/mol. The molecule has 0 aromatic heterocycles. The molecule has 11 heteroatoms. The van der Waals surface area contributed by atoms with Gasteiger partial charge in [-0.05, 0) is 98.1 Å². The van der Waals surface area contributed by atoms with Gasteiger partial charge in [-0.15, -0.1) is 0 Å². The molecule has 4 saturated carbocycles. The Kier molecular flexibility index (Phi) is 7.31. The number of fused-ring (bicyclic) bond motifs is 7.